The summed E-state index contributed by atoms with van der Waals surface area (Å²) >= 11 is 6.25. The fourth-order valence-corrected chi connectivity index (χ4v) is 5.11. The zero-order valence-electron chi connectivity index (χ0n) is 17.5. The molecule has 1 saturated heterocycles. The number of hydrogen-bond donors (Lipinski definition) is 1. The van der Waals surface area contributed by atoms with Gasteiger partial charge in [-0.1, -0.05) is 35.4 Å². The third kappa shape index (κ3) is 5.19. The summed E-state index contributed by atoms with van der Waals surface area (Å²) in [5, 5.41) is 0.413. The third-order valence-corrected chi connectivity index (χ3v) is 7.78. The van der Waals surface area contributed by atoms with Gasteiger partial charge < -0.3 is 10.6 Å². The van der Waals surface area contributed by atoms with Gasteiger partial charge in [0.25, 0.3) is 10.0 Å². The van der Waals surface area contributed by atoms with Crippen molar-refractivity contribution >= 4 is 39.1 Å². The number of carbonyl (C=O) groups is 2. The predicted molar refractivity (Wildman–Crippen MR) is 120 cm³/mol. The summed E-state index contributed by atoms with van der Waals surface area (Å²) in [6.45, 7) is 4.04. The van der Waals surface area contributed by atoms with E-state index in [1.54, 1.807) is 35.2 Å². The first-order chi connectivity index (χ1) is 14.6. The topological polar surface area (TPSA) is 101 Å². The second kappa shape index (κ2) is 9.28. The van der Waals surface area contributed by atoms with E-state index in [2.05, 4.69) is 0 Å². The molecule has 31 heavy (non-hydrogen) atoms. The van der Waals surface area contributed by atoms with Crippen LogP contribution in [0.15, 0.2) is 47.4 Å². The van der Waals surface area contributed by atoms with Crippen LogP contribution in [0.3, 0.4) is 0 Å². The first-order valence-corrected chi connectivity index (χ1v) is 11.8. The zero-order chi connectivity index (χ0) is 22.8. The molecule has 0 aliphatic carbocycles. The van der Waals surface area contributed by atoms with Gasteiger partial charge in [-0.3, -0.25) is 13.9 Å². The summed E-state index contributed by atoms with van der Waals surface area (Å²) in [4.78, 5) is 26.1. The van der Waals surface area contributed by atoms with Gasteiger partial charge in [0.05, 0.1) is 10.6 Å². The van der Waals surface area contributed by atoms with E-state index in [-0.39, 0.29) is 29.2 Å². The molecule has 166 valence electrons. The second-order valence-electron chi connectivity index (χ2n) is 7.82. The molecule has 2 N–H and O–H groups in total. The van der Waals surface area contributed by atoms with Crippen molar-refractivity contribution < 1.29 is 18.0 Å². The number of sulfonamides is 1. The molecule has 1 aliphatic heterocycles. The number of benzene rings is 2. The highest BCUT2D eigenvalue weighted by atomic mass is 35.5. The average molecular weight is 464 g/mol. The Morgan fingerprint density at radius 2 is 1.71 bits per heavy atom. The van der Waals surface area contributed by atoms with E-state index in [0.29, 0.717) is 36.6 Å². The van der Waals surface area contributed by atoms with E-state index in [1.807, 2.05) is 13.8 Å². The Labute approximate surface area is 187 Å². The normalized spacial score (nSPS) is 15.0. The largest absolute Gasteiger partial charge is 0.369 e. The molecule has 3 rings (SSSR count). The monoisotopic (exact) mass is 463 g/mol. The lowest BCUT2D eigenvalue weighted by atomic mass is 9.96. The zero-order valence-corrected chi connectivity index (χ0v) is 19.1. The van der Waals surface area contributed by atoms with Gasteiger partial charge in [-0.2, -0.15) is 0 Å². The van der Waals surface area contributed by atoms with Crippen molar-refractivity contribution in [3.8, 4) is 0 Å². The minimum Gasteiger partial charge on any atom is -0.369 e. The molecule has 2 aromatic carbocycles. The van der Waals surface area contributed by atoms with Gasteiger partial charge in [-0.25, -0.2) is 8.42 Å². The Hall–Kier alpha value is -2.58. The molecule has 0 aromatic heterocycles. The van der Waals surface area contributed by atoms with Crippen LogP contribution in [0.5, 0.6) is 0 Å². The van der Waals surface area contributed by atoms with Crippen molar-refractivity contribution in [3.63, 3.8) is 0 Å². The van der Waals surface area contributed by atoms with Crippen LogP contribution in [0.1, 0.15) is 24.0 Å². The number of halogens is 1. The van der Waals surface area contributed by atoms with Gasteiger partial charge in [0.15, 0.2) is 0 Å². The van der Waals surface area contributed by atoms with Crippen molar-refractivity contribution in [2.75, 3.05) is 23.9 Å². The van der Waals surface area contributed by atoms with Gasteiger partial charge in [-0.05, 0) is 56.5 Å². The maximum Gasteiger partial charge on any atom is 0.264 e. The molecule has 1 heterocycles. The quantitative estimate of drug-likeness (QED) is 0.711. The average Bonchev–Trinajstić information content (AvgIpc) is 2.74. The van der Waals surface area contributed by atoms with Crippen LogP contribution < -0.4 is 10.0 Å². The standard InChI is InChI=1S/C22H26ClN3O4S/c1-15-3-7-19(8-4-15)31(29,30)26(18-6-5-16(2)20(23)13-18)14-21(27)25-11-9-17(10-12-25)22(24)28/h3-8,13,17H,9-12,14H2,1-2H3,(H2,24,28). The minimum atomic E-state index is -4.01. The SMILES string of the molecule is Cc1ccc(S(=O)(=O)N(CC(=O)N2CCC(C(N)=O)CC2)c2ccc(C)c(Cl)c2)cc1. The second-order valence-corrected chi connectivity index (χ2v) is 10.1. The van der Waals surface area contributed by atoms with E-state index in [4.69, 9.17) is 17.3 Å². The summed E-state index contributed by atoms with van der Waals surface area (Å²) < 4.78 is 28.0. The van der Waals surface area contributed by atoms with E-state index in [1.165, 1.54) is 12.1 Å². The fourth-order valence-electron chi connectivity index (χ4n) is 3.53. The number of piperidine rings is 1. The molecule has 1 aliphatic rings. The van der Waals surface area contributed by atoms with Crippen LogP contribution in [0.2, 0.25) is 5.02 Å². The van der Waals surface area contributed by atoms with Crippen molar-refractivity contribution in [3.05, 3.63) is 58.6 Å². The fraction of sp³-hybridized carbons (Fsp3) is 0.364. The van der Waals surface area contributed by atoms with Crippen LogP contribution in [0.25, 0.3) is 0 Å². The molecule has 7 nitrogen and oxygen atoms in total. The van der Waals surface area contributed by atoms with Gasteiger partial charge in [0.2, 0.25) is 11.8 Å². The van der Waals surface area contributed by atoms with Crippen molar-refractivity contribution in [1.82, 2.24) is 4.90 Å². The molecule has 9 heteroatoms. The number of nitrogens with zero attached hydrogens (tertiary/aromatic N) is 2. The minimum absolute atomic E-state index is 0.0926. The Kier molecular flexibility index (Phi) is 6.91. The Morgan fingerprint density at radius 3 is 2.26 bits per heavy atom. The molecule has 2 amide bonds. The van der Waals surface area contributed by atoms with Crippen molar-refractivity contribution in [2.45, 2.75) is 31.6 Å². The number of nitrogens with two attached hydrogens (primary N) is 1. The number of anilines is 1. The lowest BCUT2D eigenvalue weighted by Gasteiger charge is -2.33. The lowest BCUT2D eigenvalue weighted by molar-refractivity contribution is -0.133. The summed E-state index contributed by atoms with van der Waals surface area (Å²) in [5.74, 6) is -0.965. The van der Waals surface area contributed by atoms with E-state index >= 15 is 0 Å². The van der Waals surface area contributed by atoms with Gasteiger partial charge in [-0.15, -0.1) is 0 Å². The van der Waals surface area contributed by atoms with E-state index < -0.39 is 10.0 Å². The summed E-state index contributed by atoms with van der Waals surface area (Å²) in [6.07, 6.45) is 0.949. The summed E-state index contributed by atoms with van der Waals surface area (Å²) in [7, 11) is -4.01. The smallest absolute Gasteiger partial charge is 0.264 e. The van der Waals surface area contributed by atoms with Crippen LogP contribution in [-0.4, -0.2) is 44.8 Å². The molecule has 1 fully saturated rings. The molecule has 0 radical (unpaired) electrons. The molecule has 0 spiro atoms. The first kappa shape index (κ1) is 23.1. The number of primary amides is 1. The molecule has 0 atom stereocenters. The first-order valence-electron chi connectivity index (χ1n) is 10.0. The Morgan fingerprint density at radius 1 is 1.10 bits per heavy atom. The van der Waals surface area contributed by atoms with Gasteiger partial charge >= 0.3 is 0 Å². The molecular weight excluding hydrogens is 438 g/mol. The Balaban J connectivity index is 1.91. The highest BCUT2D eigenvalue weighted by Crippen LogP contribution is 2.28. The number of hydrogen-bond acceptors (Lipinski definition) is 4. The number of likely N-dealkylation sites (tertiary alicyclic amines) is 1. The lowest BCUT2D eigenvalue weighted by Crippen LogP contribution is -2.47. The molecule has 0 unspecified atom stereocenters. The van der Waals surface area contributed by atoms with E-state index in [9.17, 15) is 18.0 Å². The highest BCUT2D eigenvalue weighted by molar-refractivity contribution is 7.92. The number of aryl methyl sites for hydroxylation is 2. The van der Waals surface area contributed by atoms with Crippen LogP contribution in [0.4, 0.5) is 5.69 Å². The van der Waals surface area contributed by atoms with Crippen LogP contribution in [0, 0.1) is 19.8 Å². The number of rotatable bonds is 6. The van der Waals surface area contributed by atoms with Gasteiger partial charge in [0.1, 0.15) is 6.54 Å². The van der Waals surface area contributed by atoms with Crippen molar-refractivity contribution in [2.24, 2.45) is 11.7 Å². The predicted octanol–water partition coefficient (Wildman–Crippen LogP) is 2.88. The summed E-state index contributed by atoms with van der Waals surface area (Å²) in [5.41, 5.74) is 7.41. The van der Waals surface area contributed by atoms with Gasteiger partial charge in [0, 0.05) is 24.0 Å². The number of carbonyl (C=O) groups excluding carboxylic acids is 2. The number of amides is 2. The molecule has 0 saturated carbocycles. The van der Waals surface area contributed by atoms with Crippen molar-refractivity contribution in [1.29, 1.82) is 0 Å². The molecule has 2 aromatic rings. The van der Waals surface area contributed by atoms with E-state index in [0.717, 1.165) is 15.4 Å². The molecular formula is C22H26ClN3O4S. The summed E-state index contributed by atoms with van der Waals surface area (Å²) in [6, 6.07) is 11.4. The maximum atomic E-state index is 13.5. The maximum absolute atomic E-state index is 13.5. The molecule has 0 bridgehead atoms. The van der Waals surface area contributed by atoms with Crippen LogP contribution in [-0.2, 0) is 19.6 Å². The Bertz CT molecular complexity index is 1080. The third-order valence-electron chi connectivity index (χ3n) is 5.58. The van der Waals surface area contributed by atoms with Crippen LogP contribution >= 0.6 is 11.6 Å². The highest BCUT2D eigenvalue weighted by Gasteiger charge is 2.31.